The molecule has 0 amide bonds. The predicted molar refractivity (Wildman–Crippen MR) is 56.6 cm³/mol. The Bertz CT molecular complexity index is 300. The Hall–Kier alpha value is -1.39. The zero-order valence-electron chi connectivity index (χ0n) is 8.64. The molecule has 0 heterocycles. The van der Waals surface area contributed by atoms with E-state index in [2.05, 4.69) is 5.32 Å². The largest absolute Gasteiger partial charge is 0.480 e. The van der Waals surface area contributed by atoms with Gasteiger partial charge in [-0.15, -0.1) is 0 Å². The first-order valence-corrected chi connectivity index (χ1v) is 4.73. The van der Waals surface area contributed by atoms with Crippen molar-refractivity contribution in [2.24, 2.45) is 0 Å². The van der Waals surface area contributed by atoms with Crippen molar-refractivity contribution in [3.05, 3.63) is 35.9 Å². The average molecular weight is 209 g/mol. The monoisotopic (exact) mass is 209 g/mol. The van der Waals surface area contributed by atoms with Gasteiger partial charge in [-0.05, 0) is 5.56 Å². The number of carboxylic acid groups (broad SMARTS) is 1. The normalized spacial score (nSPS) is 12.3. The topological polar surface area (TPSA) is 58.6 Å². The first kappa shape index (κ1) is 11.7. The molecule has 0 unspecified atom stereocenters. The van der Waals surface area contributed by atoms with Crippen LogP contribution in [0, 0.1) is 0 Å². The fourth-order valence-corrected chi connectivity index (χ4v) is 1.22. The van der Waals surface area contributed by atoms with E-state index in [0.717, 1.165) is 5.56 Å². The standard InChI is InChI=1S/C11H15NO3/c1-15-8-10(11(13)14)12-7-9-5-3-2-4-6-9/h2-6,10,12H,7-8H2,1H3,(H,13,14)/t10-/m0/s1. The second-order valence-corrected chi connectivity index (χ2v) is 3.21. The Kier molecular flexibility index (Phi) is 4.80. The van der Waals surface area contributed by atoms with Crippen molar-refractivity contribution in [1.82, 2.24) is 5.32 Å². The van der Waals surface area contributed by atoms with Crippen molar-refractivity contribution in [1.29, 1.82) is 0 Å². The summed E-state index contributed by atoms with van der Waals surface area (Å²) in [7, 11) is 1.49. The van der Waals surface area contributed by atoms with Crippen LogP contribution in [0.5, 0.6) is 0 Å². The minimum atomic E-state index is -0.896. The summed E-state index contributed by atoms with van der Waals surface area (Å²) in [5.74, 6) is -0.896. The maximum Gasteiger partial charge on any atom is 0.323 e. The van der Waals surface area contributed by atoms with Gasteiger partial charge in [0, 0.05) is 13.7 Å². The van der Waals surface area contributed by atoms with Crippen molar-refractivity contribution in [2.45, 2.75) is 12.6 Å². The molecule has 1 rings (SSSR count). The van der Waals surface area contributed by atoms with Gasteiger partial charge in [0.2, 0.25) is 0 Å². The van der Waals surface area contributed by atoms with Crippen LogP contribution in [0.15, 0.2) is 30.3 Å². The lowest BCUT2D eigenvalue weighted by Gasteiger charge is -2.13. The number of hydrogen-bond donors (Lipinski definition) is 2. The van der Waals surface area contributed by atoms with Gasteiger partial charge in [0.25, 0.3) is 0 Å². The van der Waals surface area contributed by atoms with E-state index in [-0.39, 0.29) is 6.61 Å². The van der Waals surface area contributed by atoms with Gasteiger partial charge in [-0.25, -0.2) is 0 Å². The molecular formula is C11H15NO3. The van der Waals surface area contributed by atoms with Crippen LogP contribution in [0.2, 0.25) is 0 Å². The van der Waals surface area contributed by atoms with Crippen LogP contribution in [-0.4, -0.2) is 30.8 Å². The lowest BCUT2D eigenvalue weighted by Crippen LogP contribution is -2.39. The van der Waals surface area contributed by atoms with Crippen LogP contribution in [0.25, 0.3) is 0 Å². The number of methoxy groups -OCH3 is 1. The molecular weight excluding hydrogens is 194 g/mol. The quantitative estimate of drug-likeness (QED) is 0.730. The molecule has 0 saturated carbocycles. The second-order valence-electron chi connectivity index (χ2n) is 3.21. The molecule has 0 aliphatic rings. The maximum absolute atomic E-state index is 10.8. The van der Waals surface area contributed by atoms with Gasteiger partial charge in [0.15, 0.2) is 0 Å². The molecule has 0 aromatic heterocycles. The average Bonchev–Trinajstić information content (AvgIpc) is 2.25. The van der Waals surface area contributed by atoms with Crippen molar-refractivity contribution in [3.8, 4) is 0 Å². The van der Waals surface area contributed by atoms with Crippen LogP contribution in [0.4, 0.5) is 0 Å². The third-order valence-electron chi connectivity index (χ3n) is 2.03. The summed E-state index contributed by atoms with van der Waals surface area (Å²) in [5.41, 5.74) is 1.06. The van der Waals surface area contributed by atoms with Gasteiger partial charge in [-0.3, -0.25) is 10.1 Å². The number of nitrogens with one attached hydrogen (secondary N) is 1. The smallest absolute Gasteiger partial charge is 0.323 e. The first-order chi connectivity index (χ1) is 7.24. The Labute approximate surface area is 88.9 Å². The molecule has 1 atom stereocenters. The van der Waals surface area contributed by atoms with E-state index in [1.165, 1.54) is 7.11 Å². The van der Waals surface area contributed by atoms with Gasteiger partial charge in [0.1, 0.15) is 6.04 Å². The summed E-state index contributed by atoms with van der Waals surface area (Å²) in [6.07, 6.45) is 0. The summed E-state index contributed by atoms with van der Waals surface area (Å²) in [4.78, 5) is 10.8. The minimum Gasteiger partial charge on any atom is -0.480 e. The maximum atomic E-state index is 10.8. The summed E-state index contributed by atoms with van der Waals surface area (Å²) in [6, 6.07) is 8.99. The first-order valence-electron chi connectivity index (χ1n) is 4.73. The molecule has 0 aliphatic heterocycles. The Morgan fingerprint density at radius 2 is 2.13 bits per heavy atom. The van der Waals surface area contributed by atoms with E-state index in [0.29, 0.717) is 6.54 Å². The van der Waals surface area contributed by atoms with E-state index in [1.54, 1.807) is 0 Å². The molecule has 0 saturated heterocycles. The summed E-state index contributed by atoms with van der Waals surface area (Å²) < 4.78 is 4.81. The highest BCUT2D eigenvalue weighted by atomic mass is 16.5. The summed E-state index contributed by atoms with van der Waals surface area (Å²) >= 11 is 0. The van der Waals surface area contributed by atoms with Crippen molar-refractivity contribution in [2.75, 3.05) is 13.7 Å². The Morgan fingerprint density at radius 3 is 2.67 bits per heavy atom. The van der Waals surface area contributed by atoms with Crippen LogP contribution < -0.4 is 5.32 Å². The second kappa shape index (κ2) is 6.16. The molecule has 0 spiro atoms. The number of carboxylic acids is 1. The zero-order chi connectivity index (χ0) is 11.1. The molecule has 0 aliphatic carbocycles. The Morgan fingerprint density at radius 1 is 1.47 bits per heavy atom. The van der Waals surface area contributed by atoms with Crippen molar-refractivity contribution < 1.29 is 14.6 Å². The van der Waals surface area contributed by atoms with E-state index in [4.69, 9.17) is 9.84 Å². The summed E-state index contributed by atoms with van der Waals surface area (Å²) in [6.45, 7) is 0.698. The molecule has 0 bridgehead atoms. The van der Waals surface area contributed by atoms with E-state index in [1.807, 2.05) is 30.3 Å². The van der Waals surface area contributed by atoms with Gasteiger partial charge in [-0.1, -0.05) is 30.3 Å². The molecule has 1 aromatic rings. The van der Waals surface area contributed by atoms with Crippen LogP contribution in [0.3, 0.4) is 0 Å². The number of benzene rings is 1. The fourth-order valence-electron chi connectivity index (χ4n) is 1.22. The molecule has 0 radical (unpaired) electrons. The number of rotatable bonds is 6. The highest BCUT2D eigenvalue weighted by Gasteiger charge is 2.15. The van der Waals surface area contributed by atoms with Gasteiger partial charge in [-0.2, -0.15) is 0 Å². The molecule has 4 heteroatoms. The van der Waals surface area contributed by atoms with Gasteiger partial charge >= 0.3 is 5.97 Å². The van der Waals surface area contributed by atoms with E-state index < -0.39 is 12.0 Å². The third kappa shape index (κ3) is 4.10. The molecule has 2 N–H and O–H groups in total. The van der Waals surface area contributed by atoms with E-state index in [9.17, 15) is 4.79 Å². The van der Waals surface area contributed by atoms with Gasteiger partial charge < -0.3 is 9.84 Å². The molecule has 4 nitrogen and oxygen atoms in total. The van der Waals surface area contributed by atoms with Gasteiger partial charge in [0.05, 0.1) is 6.61 Å². The van der Waals surface area contributed by atoms with Crippen LogP contribution >= 0.6 is 0 Å². The van der Waals surface area contributed by atoms with Crippen molar-refractivity contribution >= 4 is 5.97 Å². The molecule has 1 aromatic carbocycles. The Balaban J connectivity index is 2.43. The number of carbonyl (C=O) groups is 1. The fraction of sp³-hybridized carbons (Fsp3) is 0.364. The SMILES string of the molecule is COC[C@H](NCc1ccccc1)C(=O)O. The highest BCUT2D eigenvalue weighted by Crippen LogP contribution is 1.98. The molecule has 0 fully saturated rings. The highest BCUT2D eigenvalue weighted by molar-refractivity contribution is 5.73. The minimum absolute atomic E-state index is 0.169. The number of ether oxygens (including phenoxy) is 1. The molecule has 15 heavy (non-hydrogen) atoms. The molecule has 82 valence electrons. The van der Waals surface area contributed by atoms with Crippen LogP contribution in [0.1, 0.15) is 5.56 Å². The predicted octanol–water partition coefficient (Wildman–Crippen LogP) is 0.876. The van der Waals surface area contributed by atoms with Crippen LogP contribution in [-0.2, 0) is 16.1 Å². The lowest BCUT2D eigenvalue weighted by molar-refractivity contribution is -0.140. The lowest BCUT2D eigenvalue weighted by atomic mass is 10.2. The summed E-state index contributed by atoms with van der Waals surface area (Å²) in [5, 5.41) is 11.8. The van der Waals surface area contributed by atoms with E-state index >= 15 is 0 Å². The number of aliphatic carboxylic acids is 1. The van der Waals surface area contributed by atoms with Crippen molar-refractivity contribution in [3.63, 3.8) is 0 Å². The third-order valence-corrected chi connectivity index (χ3v) is 2.03. The number of hydrogen-bond acceptors (Lipinski definition) is 3. The zero-order valence-corrected chi connectivity index (χ0v) is 8.64.